The molecule has 1 saturated heterocycles. The molecule has 1 aromatic heterocycles. The van der Waals surface area contributed by atoms with E-state index in [1.54, 1.807) is 0 Å². The van der Waals surface area contributed by atoms with Gasteiger partial charge in [0.25, 0.3) is 0 Å². The van der Waals surface area contributed by atoms with Gasteiger partial charge in [0, 0.05) is 44.1 Å². The summed E-state index contributed by atoms with van der Waals surface area (Å²) < 4.78 is 4.36. The molecule has 1 aromatic rings. The molecule has 1 N–H and O–H groups in total. The van der Waals surface area contributed by atoms with Crippen LogP contribution in [0, 0.1) is 0 Å². The van der Waals surface area contributed by atoms with Crippen molar-refractivity contribution in [1.29, 1.82) is 0 Å². The lowest BCUT2D eigenvalue weighted by atomic mass is 10.3. The first-order chi connectivity index (χ1) is 9.19. The van der Waals surface area contributed by atoms with E-state index in [0.717, 1.165) is 56.4 Å². The summed E-state index contributed by atoms with van der Waals surface area (Å²) in [5, 5.41) is 9.80. The van der Waals surface area contributed by atoms with Gasteiger partial charge < -0.3 is 10.0 Å². The van der Waals surface area contributed by atoms with Gasteiger partial charge in [-0.05, 0) is 12.8 Å². The van der Waals surface area contributed by atoms with Crippen molar-refractivity contribution < 1.29 is 9.90 Å². The van der Waals surface area contributed by atoms with Gasteiger partial charge in [0.15, 0.2) is 0 Å². The molecule has 0 spiro atoms. The summed E-state index contributed by atoms with van der Waals surface area (Å²) in [6.45, 7) is 5.62. The Kier molecular flexibility index (Phi) is 5.09. The second kappa shape index (κ2) is 6.81. The Balaban J connectivity index is 1.92. The van der Waals surface area contributed by atoms with Gasteiger partial charge in [-0.25, -0.2) is 4.98 Å². The Morgan fingerprint density at radius 1 is 1.37 bits per heavy atom. The summed E-state index contributed by atoms with van der Waals surface area (Å²) in [7, 11) is 0. The summed E-state index contributed by atoms with van der Waals surface area (Å²) >= 11 is 1.45. The molecular weight excluding hydrogens is 264 g/mol. The number of aliphatic carboxylic acids is 1. The largest absolute Gasteiger partial charge is 0.480 e. The lowest BCUT2D eigenvalue weighted by Gasteiger charge is -2.19. The number of rotatable bonds is 5. The average molecular weight is 284 g/mol. The van der Waals surface area contributed by atoms with Crippen LogP contribution in [-0.2, 0) is 11.2 Å². The number of carboxylic acids is 1. The molecule has 0 amide bonds. The van der Waals surface area contributed by atoms with E-state index in [4.69, 9.17) is 5.11 Å². The van der Waals surface area contributed by atoms with Crippen LogP contribution >= 0.6 is 11.5 Å². The van der Waals surface area contributed by atoms with Crippen molar-refractivity contribution in [2.24, 2.45) is 0 Å². The number of carbonyl (C=O) groups is 1. The summed E-state index contributed by atoms with van der Waals surface area (Å²) in [5.41, 5.74) is 0. The molecular formula is C12H20N4O2S. The molecule has 0 aliphatic carbocycles. The lowest BCUT2D eigenvalue weighted by molar-refractivity contribution is -0.138. The van der Waals surface area contributed by atoms with Crippen molar-refractivity contribution in [2.75, 3.05) is 37.6 Å². The van der Waals surface area contributed by atoms with E-state index in [1.165, 1.54) is 11.5 Å². The molecule has 0 radical (unpaired) electrons. The standard InChI is InChI=1S/C12H20N4O2S/c1-2-4-10-13-12(19-14-10)16-6-3-5-15(7-8-16)9-11(17)18/h2-9H2,1H3,(H,17,18). The minimum atomic E-state index is -0.755. The molecule has 106 valence electrons. The third kappa shape index (κ3) is 4.14. The molecule has 0 aromatic carbocycles. The third-order valence-corrected chi connectivity index (χ3v) is 3.96. The molecule has 1 aliphatic rings. The maximum absolute atomic E-state index is 10.7. The number of hydrogen-bond acceptors (Lipinski definition) is 6. The van der Waals surface area contributed by atoms with E-state index >= 15 is 0 Å². The molecule has 7 heteroatoms. The zero-order valence-electron chi connectivity index (χ0n) is 11.2. The van der Waals surface area contributed by atoms with Crippen molar-refractivity contribution >= 4 is 22.6 Å². The van der Waals surface area contributed by atoms with Crippen molar-refractivity contribution in [3.63, 3.8) is 0 Å². The quantitative estimate of drug-likeness (QED) is 0.873. The highest BCUT2D eigenvalue weighted by Gasteiger charge is 2.19. The second-order valence-corrected chi connectivity index (χ2v) is 5.48. The fourth-order valence-corrected chi connectivity index (χ4v) is 2.97. The van der Waals surface area contributed by atoms with Crippen LogP contribution in [0.25, 0.3) is 0 Å². The van der Waals surface area contributed by atoms with Gasteiger partial charge >= 0.3 is 5.97 Å². The molecule has 19 heavy (non-hydrogen) atoms. The van der Waals surface area contributed by atoms with Crippen molar-refractivity contribution in [1.82, 2.24) is 14.3 Å². The van der Waals surface area contributed by atoms with E-state index < -0.39 is 5.97 Å². The molecule has 0 atom stereocenters. The Morgan fingerprint density at radius 2 is 2.21 bits per heavy atom. The third-order valence-electron chi connectivity index (χ3n) is 3.15. The van der Waals surface area contributed by atoms with E-state index in [0.29, 0.717) is 0 Å². The van der Waals surface area contributed by atoms with Gasteiger partial charge in [0.2, 0.25) is 5.13 Å². The van der Waals surface area contributed by atoms with Gasteiger partial charge in [-0.1, -0.05) is 6.92 Å². The Labute approximate surface area is 117 Å². The van der Waals surface area contributed by atoms with Crippen LogP contribution in [-0.4, -0.2) is 58.1 Å². The van der Waals surface area contributed by atoms with Crippen molar-refractivity contribution in [2.45, 2.75) is 26.2 Å². The van der Waals surface area contributed by atoms with Crippen molar-refractivity contribution in [3.05, 3.63) is 5.82 Å². The van der Waals surface area contributed by atoms with Crippen LogP contribution in [0.15, 0.2) is 0 Å². The van der Waals surface area contributed by atoms with E-state index in [-0.39, 0.29) is 6.54 Å². The molecule has 0 unspecified atom stereocenters. The number of carboxylic acid groups (broad SMARTS) is 1. The highest BCUT2D eigenvalue weighted by Crippen LogP contribution is 2.19. The van der Waals surface area contributed by atoms with Gasteiger partial charge in [-0.2, -0.15) is 4.37 Å². The minimum Gasteiger partial charge on any atom is -0.480 e. The Hall–Kier alpha value is -1.21. The SMILES string of the molecule is CCCc1nsc(N2CCCN(CC(=O)O)CC2)n1. The molecule has 2 heterocycles. The first kappa shape index (κ1) is 14.2. The van der Waals surface area contributed by atoms with E-state index in [9.17, 15) is 4.79 Å². The normalized spacial score (nSPS) is 17.4. The van der Waals surface area contributed by atoms with Gasteiger partial charge in [0.1, 0.15) is 5.82 Å². The van der Waals surface area contributed by atoms with Crippen molar-refractivity contribution in [3.8, 4) is 0 Å². The van der Waals surface area contributed by atoms with E-state index in [2.05, 4.69) is 21.2 Å². The van der Waals surface area contributed by atoms with Gasteiger partial charge in [-0.15, -0.1) is 0 Å². The van der Waals surface area contributed by atoms with Gasteiger partial charge in [0.05, 0.1) is 6.54 Å². The van der Waals surface area contributed by atoms with Crippen LogP contribution in [0.3, 0.4) is 0 Å². The van der Waals surface area contributed by atoms with Crippen LogP contribution in [0.1, 0.15) is 25.6 Å². The van der Waals surface area contributed by atoms with E-state index in [1.807, 2.05) is 4.90 Å². The average Bonchev–Trinajstić information content (AvgIpc) is 2.69. The zero-order valence-corrected chi connectivity index (χ0v) is 12.0. The minimum absolute atomic E-state index is 0.130. The molecule has 6 nitrogen and oxygen atoms in total. The Bertz CT molecular complexity index is 424. The summed E-state index contributed by atoms with van der Waals surface area (Å²) in [6, 6.07) is 0. The zero-order chi connectivity index (χ0) is 13.7. The molecule has 1 fully saturated rings. The number of aryl methyl sites for hydroxylation is 1. The van der Waals surface area contributed by atoms with Crippen LogP contribution < -0.4 is 4.90 Å². The summed E-state index contributed by atoms with van der Waals surface area (Å²) in [6.07, 6.45) is 2.95. The lowest BCUT2D eigenvalue weighted by Crippen LogP contribution is -2.34. The van der Waals surface area contributed by atoms with Crippen LogP contribution in [0.4, 0.5) is 5.13 Å². The first-order valence-corrected chi connectivity index (χ1v) is 7.48. The fourth-order valence-electron chi connectivity index (χ4n) is 2.21. The maximum Gasteiger partial charge on any atom is 0.317 e. The highest BCUT2D eigenvalue weighted by atomic mass is 32.1. The number of anilines is 1. The predicted octanol–water partition coefficient (Wildman–Crippen LogP) is 1.09. The summed E-state index contributed by atoms with van der Waals surface area (Å²) in [4.78, 5) is 19.5. The first-order valence-electron chi connectivity index (χ1n) is 6.70. The number of hydrogen-bond donors (Lipinski definition) is 1. The molecule has 0 saturated carbocycles. The van der Waals surface area contributed by atoms with Gasteiger partial charge in [-0.3, -0.25) is 9.69 Å². The summed E-state index contributed by atoms with van der Waals surface area (Å²) in [5.74, 6) is 0.170. The smallest absolute Gasteiger partial charge is 0.317 e. The number of aromatic nitrogens is 2. The Morgan fingerprint density at radius 3 is 2.95 bits per heavy atom. The topological polar surface area (TPSA) is 69.6 Å². The number of nitrogens with zero attached hydrogens (tertiary/aromatic N) is 4. The van der Waals surface area contributed by atoms with Crippen LogP contribution in [0.5, 0.6) is 0 Å². The maximum atomic E-state index is 10.7. The fraction of sp³-hybridized carbons (Fsp3) is 0.750. The monoisotopic (exact) mass is 284 g/mol. The van der Waals surface area contributed by atoms with Crippen LogP contribution in [0.2, 0.25) is 0 Å². The highest BCUT2D eigenvalue weighted by molar-refractivity contribution is 7.09. The molecule has 0 bridgehead atoms. The molecule has 2 rings (SSSR count). The second-order valence-electron chi connectivity index (χ2n) is 4.75. The predicted molar refractivity (Wildman–Crippen MR) is 74.8 cm³/mol. The molecule has 1 aliphatic heterocycles.